The van der Waals surface area contributed by atoms with Crippen LogP contribution < -0.4 is 0 Å². The molecule has 0 N–H and O–H groups in total. The third-order valence-corrected chi connectivity index (χ3v) is 6.85. The quantitative estimate of drug-likeness (QED) is 0.552. The van der Waals surface area contributed by atoms with Crippen LogP contribution in [0.25, 0.3) is 6.08 Å². The zero-order chi connectivity index (χ0) is 20.0. The van der Waals surface area contributed by atoms with Crippen LogP contribution in [0.15, 0.2) is 91.0 Å². The van der Waals surface area contributed by atoms with Gasteiger partial charge in [0, 0.05) is 5.92 Å². The molecule has 2 nitrogen and oxygen atoms in total. The summed E-state index contributed by atoms with van der Waals surface area (Å²) in [6.07, 6.45) is 4.46. The number of carbonyl (C=O) groups is 1. The lowest BCUT2D eigenvalue weighted by Gasteiger charge is -2.43. The van der Waals surface area contributed by atoms with E-state index in [-0.39, 0.29) is 23.8 Å². The molecule has 144 valence electrons. The van der Waals surface area contributed by atoms with Gasteiger partial charge >= 0.3 is 0 Å². The molecule has 0 radical (unpaired) electrons. The van der Waals surface area contributed by atoms with Gasteiger partial charge < -0.3 is 4.90 Å². The van der Waals surface area contributed by atoms with Crippen molar-refractivity contribution in [1.82, 2.24) is 4.90 Å². The normalized spacial score (nSPS) is 26.1. The molecule has 0 saturated carbocycles. The van der Waals surface area contributed by atoms with Crippen LogP contribution in [0.3, 0.4) is 0 Å². The number of amides is 1. The summed E-state index contributed by atoms with van der Waals surface area (Å²) in [6, 6.07) is 29.2. The summed E-state index contributed by atoms with van der Waals surface area (Å²) in [5.74, 6) is 0.167. The molecule has 4 atom stereocenters. The van der Waals surface area contributed by atoms with E-state index in [0.29, 0.717) is 0 Å². The first-order valence-electron chi connectivity index (χ1n) is 10.3. The lowest BCUT2D eigenvalue weighted by molar-refractivity contribution is -0.134. The van der Waals surface area contributed by atoms with Crippen LogP contribution >= 0.6 is 0 Å². The van der Waals surface area contributed by atoms with Crippen LogP contribution in [0.1, 0.15) is 48.1 Å². The van der Waals surface area contributed by atoms with Gasteiger partial charge in [-0.25, -0.2) is 0 Å². The van der Waals surface area contributed by atoms with Crippen molar-refractivity contribution in [1.29, 1.82) is 0 Å². The molecule has 1 fully saturated rings. The summed E-state index contributed by atoms with van der Waals surface area (Å²) in [5, 5.41) is 0. The SMILES string of the molecule is C[C@@H](c1ccccc1)N1C(=O)[C@H]2c3ccccc3C=C[C@H]2[C@@]1(C)c1ccccc1. The van der Waals surface area contributed by atoms with Crippen LogP contribution in [-0.4, -0.2) is 10.8 Å². The molecular formula is C27H25NO. The van der Waals surface area contributed by atoms with Gasteiger partial charge in [0.05, 0.1) is 17.5 Å². The lowest BCUT2D eigenvalue weighted by Crippen LogP contribution is -2.45. The fourth-order valence-electron chi connectivity index (χ4n) is 5.38. The molecule has 1 aliphatic carbocycles. The third kappa shape index (κ3) is 2.59. The Kier molecular flexibility index (Phi) is 4.16. The molecule has 3 aromatic rings. The van der Waals surface area contributed by atoms with Crippen molar-refractivity contribution in [2.75, 3.05) is 0 Å². The van der Waals surface area contributed by atoms with Gasteiger partial charge in [-0.3, -0.25) is 4.79 Å². The van der Waals surface area contributed by atoms with Gasteiger partial charge in [-0.05, 0) is 36.1 Å². The van der Waals surface area contributed by atoms with E-state index in [2.05, 4.69) is 91.6 Å². The average molecular weight is 380 g/mol. The molecule has 2 aliphatic rings. The van der Waals surface area contributed by atoms with Crippen molar-refractivity contribution in [2.24, 2.45) is 5.92 Å². The number of benzene rings is 3. The Morgan fingerprint density at radius 2 is 1.48 bits per heavy atom. The van der Waals surface area contributed by atoms with Crippen molar-refractivity contribution in [3.05, 3.63) is 113 Å². The molecule has 3 aromatic carbocycles. The van der Waals surface area contributed by atoms with E-state index in [0.717, 1.165) is 11.1 Å². The highest BCUT2D eigenvalue weighted by Crippen LogP contribution is 2.56. The summed E-state index contributed by atoms with van der Waals surface area (Å²) in [4.78, 5) is 16.1. The molecule has 0 bridgehead atoms. The average Bonchev–Trinajstić information content (AvgIpc) is 3.02. The van der Waals surface area contributed by atoms with Gasteiger partial charge in [-0.2, -0.15) is 0 Å². The first-order chi connectivity index (χ1) is 14.1. The topological polar surface area (TPSA) is 20.3 Å². The standard InChI is InChI=1S/C27H25NO/c1-19(20-11-5-3-6-12-20)28-26(29)25-23-16-10-9-13-21(23)17-18-24(25)27(28,2)22-14-7-4-8-15-22/h3-19,24-25H,1-2H3/t19-,24+,25-,27+/m0/s1. The number of hydrogen-bond donors (Lipinski definition) is 0. The number of nitrogens with zero attached hydrogens (tertiary/aromatic N) is 1. The molecule has 1 amide bonds. The minimum Gasteiger partial charge on any atom is -0.325 e. The Morgan fingerprint density at radius 3 is 2.21 bits per heavy atom. The Hall–Kier alpha value is -3.13. The van der Waals surface area contributed by atoms with Crippen molar-refractivity contribution < 1.29 is 4.79 Å². The Labute approximate surface area is 172 Å². The number of hydrogen-bond acceptors (Lipinski definition) is 1. The van der Waals surface area contributed by atoms with E-state index in [1.165, 1.54) is 11.1 Å². The fourth-order valence-corrected chi connectivity index (χ4v) is 5.38. The van der Waals surface area contributed by atoms with Crippen LogP contribution in [0.2, 0.25) is 0 Å². The lowest BCUT2D eigenvalue weighted by atomic mass is 9.71. The maximum atomic E-state index is 14.0. The summed E-state index contributed by atoms with van der Waals surface area (Å²) in [5.41, 5.74) is 4.25. The van der Waals surface area contributed by atoms with E-state index >= 15 is 0 Å². The van der Waals surface area contributed by atoms with Crippen LogP contribution in [0.4, 0.5) is 0 Å². The third-order valence-electron chi connectivity index (χ3n) is 6.85. The molecule has 1 heterocycles. The summed E-state index contributed by atoms with van der Waals surface area (Å²) >= 11 is 0. The summed E-state index contributed by atoms with van der Waals surface area (Å²) < 4.78 is 0. The molecule has 29 heavy (non-hydrogen) atoms. The number of fused-ring (bicyclic) bond motifs is 3. The summed E-state index contributed by atoms with van der Waals surface area (Å²) in [6.45, 7) is 4.39. The van der Waals surface area contributed by atoms with Gasteiger partial charge in [0.15, 0.2) is 0 Å². The largest absolute Gasteiger partial charge is 0.325 e. The smallest absolute Gasteiger partial charge is 0.232 e. The second-order valence-corrected chi connectivity index (χ2v) is 8.30. The maximum Gasteiger partial charge on any atom is 0.232 e. The second-order valence-electron chi connectivity index (χ2n) is 8.30. The fraction of sp³-hybridized carbons (Fsp3) is 0.222. The number of carbonyl (C=O) groups excluding carboxylic acids is 1. The second kappa shape index (κ2) is 6.73. The highest BCUT2D eigenvalue weighted by Gasteiger charge is 2.58. The van der Waals surface area contributed by atoms with Crippen molar-refractivity contribution in [3.63, 3.8) is 0 Å². The molecule has 0 spiro atoms. The Bertz CT molecular complexity index is 1070. The molecule has 1 aliphatic heterocycles. The predicted octanol–water partition coefficient (Wildman–Crippen LogP) is 5.93. The number of rotatable bonds is 3. The maximum absolute atomic E-state index is 14.0. The molecule has 5 rings (SSSR count). The van der Waals surface area contributed by atoms with Gasteiger partial charge in [-0.15, -0.1) is 0 Å². The minimum absolute atomic E-state index is 0.0138. The van der Waals surface area contributed by atoms with Crippen LogP contribution in [0, 0.1) is 5.92 Å². The van der Waals surface area contributed by atoms with E-state index < -0.39 is 5.54 Å². The summed E-state index contributed by atoms with van der Waals surface area (Å²) in [7, 11) is 0. The molecule has 2 heteroatoms. The van der Waals surface area contributed by atoms with Gasteiger partial charge in [0.1, 0.15) is 0 Å². The monoisotopic (exact) mass is 379 g/mol. The van der Waals surface area contributed by atoms with E-state index in [9.17, 15) is 4.79 Å². The Balaban J connectivity index is 1.71. The van der Waals surface area contributed by atoms with Crippen molar-refractivity contribution >= 4 is 12.0 Å². The zero-order valence-corrected chi connectivity index (χ0v) is 16.8. The van der Waals surface area contributed by atoms with Crippen LogP contribution in [0.5, 0.6) is 0 Å². The van der Waals surface area contributed by atoms with E-state index in [1.54, 1.807) is 0 Å². The van der Waals surface area contributed by atoms with Gasteiger partial charge in [0.2, 0.25) is 5.91 Å². The predicted molar refractivity (Wildman–Crippen MR) is 117 cm³/mol. The van der Waals surface area contributed by atoms with Crippen molar-refractivity contribution in [2.45, 2.75) is 31.3 Å². The van der Waals surface area contributed by atoms with Gasteiger partial charge in [0.25, 0.3) is 0 Å². The first kappa shape index (κ1) is 17.9. The van der Waals surface area contributed by atoms with Crippen LogP contribution in [-0.2, 0) is 10.3 Å². The zero-order valence-electron chi connectivity index (χ0n) is 16.8. The van der Waals surface area contributed by atoms with Crippen molar-refractivity contribution in [3.8, 4) is 0 Å². The minimum atomic E-state index is -0.414. The Morgan fingerprint density at radius 1 is 0.862 bits per heavy atom. The highest BCUT2D eigenvalue weighted by molar-refractivity contribution is 5.91. The van der Waals surface area contributed by atoms with E-state index in [4.69, 9.17) is 0 Å². The molecule has 0 aromatic heterocycles. The molecular weight excluding hydrogens is 354 g/mol. The molecule has 0 unspecified atom stereocenters. The first-order valence-corrected chi connectivity index (χ1v) is 10.3. The van der Waals surface area contributed by atoms with E-state index in [1.807, 2.05) is 24.3 Å². The highest BCUT2D eigenvalue weighted by atomic mass is 16.2. The number of likely N-dealkylation sites (tertiary alicyclic amines) is 1. The molecule has 1 saturated heterocycles. The van der Waals surface area contributed by atoms with Gasteiger partial charge in [-0.1, -0.05) is 97.1 Å².